The number of carbonyl (C=O) groups is 1. The van der Waals surface area contributed by atoms with Gasteiger partial charge in [0.1, 0.15) is 0 Å². The van der Waals surface area contributed by atoms with Gasteiger partial charge in [-0.15, -0.1) is 0 Å². The van der Waals surface area contributed by atoms with Gasteiger partial charge in [-0.25, -0.2) is 0 Å². The predicted octanol–water partition coefficient (Wildman–Crippen LogP) is 3.14. The number of carbonyl (C=O) groups excluding carboxylic acids is 1. The molecule has 0 heterocycles. The maximum absolute atomic E-state index is 11.8. The largest absolute Gasteiger partial charge is 0.398 e. The molecule has 0 saturated carbocycles. The number of nitrogens with two attached hydrogens (primary N) is 2. The molecule has 4 heteroatoms. The summed E-state index contributed by atoms with van der Waals surface area (Å²) in [5.74, 6) is -0.523. The lowest BCUT2D eigenvalue weighted by molar-refractivity contribution is 0.100. The summed E-state index contributed by atoms with van der Waals surface area (Å²) in [5.41, 5.74) is 15.0. The number of anilines is 1. The number of aryl methyl sites for hydroxylation is 1. The van der Waals surface area contributed by atoms with Gasteiger partial charge in [0.15, 0.2) is 0 Å². The molecule has 22 heavy (non-hydrogen) atoms. The summed E-state index contributed by atoms with van der Waals surface area (Å²) in [6.45, 7) is 5.54. The van der Waals surface area contributed by atoms with Crippen molar-refractivity contribution in [3.8, 4) is 17.2 Å². The summed E-state index contributed by atoms with van der Waals surface area (Å²) < 4.78 is 0. The van der Waals surface area contributed by atoms with Gasteiger partial charge >= 0.3 is 0 Å². The second kappa shape index (κ2) is 5.53. The van der Waals surface area contributed by atoms with E-state index in [2.05, 4.69) is 6.07 Å². The zero-order valence-electron chi connectivity index (χ0n) is 13.0. The molecule has 0 unspecified atom stereocenters. The minimum absolute atomic E-state index is 0.393. The molecule has 4 N–H and O–H groups in total. The molecule has 0 aliphatic carbocycles. The maximum Gasteiger partial charge on any atom is 0.249 e. The molecule has 0 radical (unpaired) electrons. The number of hydrogen-bond donors (Lipinski definition) is 2. The summed E-state index contributed by atoms with van der Waals surface area (Å²) in [6, 6.07) is 13.1. The van der Waals surface area contributed by atoms with E-state index in [-0.39, 0.29) is 0 Å². The molecule has 0 fully saturated rings. The minimum atomic E-state index is -0.750. The van der Waals surface area contributed by atoms with Crippen LogP contribution in [0, 0.1) is 18.3 Å². The first-order valence-corrected chi connectivity index (χ1v) is 6.99. The summed E-state index contributed by atoms with van der Waals surface area (Å²) in [4.78, 5) is 11.8. The van der Waals surface area contributed by atoms with Crippen LogP contribution in [0.5, 0.6) is 0 Å². The van der Waals surface area contributed by atoms with Crippen molar-refractivity contribution in [1.29, 1.82) is 5.26 Å². The van der Waals surface area contributed by atoms with Crippen LogP contribution in [-0.2, 0) is 5.41 Å². The molecule has 112 valence electrons. The van der Waals surface area contributed by atoms with Crippen LogP contribution in [0.4, 0.5) is 5.69 Å². The lowest BCUT2D eigenvalue weighted by atomic mass is 9.79. The van der Waals surface area contributed by atoms with Gasteiger partial charge in [-0.1, -0.05) is 24.3 Å². The zero-order valence-corrected chi connectivity index (χ0v) is 13.0. The first-order valence-electron chi connectivity index (χ1n) is 6.99. The highest BCUT2D eigenvalue weighted by Crippen LogP contribution is 2.36. The van der Waals surface area contributed by atoms with E-state index in [1.54, 1.807) is 12.1 Å². The first kappa shape index (κ1) is 15.6. The number of nitrogens with zero attached hydrogens (tertiary/aromatic N) is 1. The second-order valence-electron chi connectivity index (χ2n) is 5.90. The Bertz CT molecular complexity index is 785. The quantitative estimate of drug-likeness (QED) is 0.851. The Labute approximate surface area is 130 Å². The van der Waals surface area contributed by atoms with Crippen LogP contribution < -0.4 is 11.5 Å². The smallest absolute Gasteiger partial charge is 0.249 e. The summed E-state index contributed by atoms with van der Waals surface area (Å²) in [5, 5.41) is 9.46. The molecule has 0 aromatic heterocycles. The van der Waals surface area contributed by atoms with Gasteiger partial charge < -0.3 is 11.5 Å². The second-order valence-corrected chi connectivity index (χ2v) is 5.90. The van der Waals surface area contributed by atoms with E-state index >= 15 is 0 Å². The summed E-state index contributed by atoms with van der Waals surface area (Å²) in [7, 11) is 0. The molecule has 0 saturated heterocycles. The van der Waals surface area contributed by atoms with E-state index < -0.39 is 11.3 Å². The molecule has 2 aromatic rings. The van der Waals surface area contributed by atoms with E-state index in [4.69, 9.17) is 11.5 Å². The average Bonchev–Trinajstić information content (AvgIpc) is 2.49. The maximum atomic E-state index is 11.8. The van der Waals surface area contributed by atoms with Crippen LogP contribution in [0.25, 0.3) is 11.1 Å². The van der Waals surface area contributed by atoms with E-state index in [9.17, 15) is 10.1 Å². The van der Waals surface area contributed by atoms with Gasteiger partial charge in [-0.2, -0.15) is 5.26 Å². The summed E-state index contributed by atoms with van der Waals surface area (Å²) in [6.07, 6.45) is 0. The van der Waals surface area contributed by atoms with Crippen LogP contribution in [0.1, 0.15) is 35.3 Å². The molecule has 0 bridgehead atoms. The Hall–Kier alpha value is -2.80. The van der Waals surface area contributed by atoms with Crippen molar-refractivity contribution in [1.82, 2.24) is 0 Å². The van der Waals surface area contributed by atoms with Crippen molar-refractivity contribution in [2.45, 2.75) is 26.2 Å². The third-order valence-electron chi connectivity index (χ3n) is 3.85. The van der Waals surface area contributed by atoms with Crippen LogP contribution >= 0.6 is 0 Å². The van der Waals surface area contributed by atoms with E-state index in [0.717, 1.165) is 16.7 Å². The molecule has 0 aliphatic rings. The molecule has 0 spiro atoms. The standard InChI is InChI=1S/C18H19N3O/c1-11-7-8-12(9-15(11)20)16-13(17(21)22)5-4-6-14(16)18(2,3)10-19/h4-9H,20H2,1-3H3,(H2,21,22). The lowest BCUT2D eigenvalue weighted by Gasteiger charge is -2.22. The number of nitriles is 1. The van der Waals surface area contributed by atoms with Crippen LogP contribution in [0.3, 0.4) is 0 Å². The topological polar surface area (TPSA) is 92.9 Å². The molecule has 4 nitrogen and oxygen atoms in total. The number of amides is 1. The van der Waals surface area contributed by atoms with Gasteiger partial charge in [0.25, 0.3) is 0 Å². The number of hydrogen-bond acceptors (Lipinski definition) is 3. The highest BCUT2D eigenvalue weighted by molar-refractivity contribution is 6.01. The van der Waals surface area contributed by atoms with Gasteiger partial charge in [-0.05, 0) is 55.2 Å². The van der Waals surface area contributed by atoms with Gasteiger partial charge in [-0.3, -0.25) is 4.79 Å². The molecule has 2 rings (SSSR count). The highest BCUT2D eigenvalue weighted by Gasteiger charge is 2.26. The minimum Gasteiger partial charge on any atom is -0.398 e. The Kier molecular flexibility index (Phi) is 3.92. The van der Waals surface area contributed by atoms with Gasteiger partial charge in [0.2, 0.25) is 5.91 Å². The molecule has 1 amide bonds. The van der Waals surface area contributed by atoms with Gasteiger partial charge in [0.05, 0.1) is 11.5 Å². The van der Waals surface area contributed by atoms with E-state index in [0.29, 0.717) is 16.8 Å². The predicted molar refractivity (Wildman–Crippen MR) is 88.2 cm³/mol. The van der Waals surface area contributed by atoms with Crippen molar-refractivity contribution < 1.29 is 4.79 Å². The Morgan fingerprint density at radius 3 is 2.45 bits per heavy atom. The Morgan fingerprint density at radius 1 is 1.23 bits per heavy atom. The van der Waals surface area contributed by atoms with Crippen LogP contribution in [0.2, 0.25) is 0 Å². The van der Waals surface area contributed by atoms with Crippen molar-refractivity contribution >= 4 is 11.6 Å². The Morgan fingerprint density at radius 2 is 1.91 bits per heavy atom. The van der Waals surface area contributed by atoms with Crippen molar-refractivity contribution in [2.24, 2.45) is 5.73 Å². The Balaban J connectivity index is 2.84. The van der Waals surface area contributed by atoms with Crippen molar-refractivity contribution in [3.05, 3.63) is 53.1 Å². The fourth-order valence-corrected chi connectivity index (χ4v) is 2.45. The zero-order chi connectivity index (χ0) is 16.5. The molecule has 0 atom stereocenters. The fourth-order valence-electron chi connectivity index (χ4n) is 2.45. The molecule has 0 aliphatic heterocycles. The molecule has 2 aromatic carbocycles. The van der Waals surface area contributed by atoms with Gasteiger partial charge in [0, 0.05) is 11.3 Å². The monoisotopic (exact) mass is 293 g/mol. The molecular weight excluding hydrogens is 274 g/mol. The first-order chi connectivity index (χ1) is 10.3. The van der Waals surface area contributed by atoms with Crippen LogP contribution in [-0.4, -0.2) is 5.91 Å². The van der Waals surface area contributed by atoms with E-state index in [1.807, 2.05) is 45.0 Å². The fraction of sp³-hybridized carbons (Fsp3) is 0.222. The lowest BCUT2D eigenvalue weighted by Crippen LogP contribution is -2.19. The molecular formula is C18H19N3O. The van der Waals surface area contributed by atoms with E-state index in [1.165, 1.54) is 0 Å². The third kappa shape index (κ3) is 2.66. The number of primary amides is 1. The van der Waals surface area contributed by atoms with Crippen molar-refractivity contribution in [2.75, 3.05) is 5.73 Å². The van der Waals surface area contributed by atoms with Crippen LogP contribution in [0.15, 0.2) is 36.4 Å². The third-order valence-corrected chi connectivity index (χ3v) is 3.85. The number of benzene rings is 2. The van der Waals surface area contributed by atoms with Crippen molar-refractivity contribution in [3.63, 3.8) is 0 Å². The summed E-state index contributed by atoms with van der Waals surface area (Å²) >= 11 is 0. The number of nitrogen functional groups attached to an aromatic ring is 1. The average molecular weight is 293 g/mol. The SMILES string of the molecule is Cc1ccc(-c2c(C(N)=O)cccc2C(C)(C)C#N)cc1N. The highest BCUT2D eigenvalue weighted by atomic mass is 16.1. The number of rotatable bonds is 3. The normalized spacial score (nSPS) is 11.0.